The molecule has 2 fully saturated rings. The molecule has 0 aliphatic carbocycles. The average Bonchev–Trinajstić information content (AvgIpc) is 2.99. The first-order chi connectivity index (χ1) is 12.5. The lowest BCUT2D eigenvalue weighted by Crippen LogP contribution is -2.33. The molecule has 2 saturated heterocycles. The molecular weight excluding hydrogens is 352 g/mol. The minimum absolute atomic E-state index is 0.0586. The van der Waals surface area contributed by atoms with Gasteiger partial charge in [0.05, 0.1) is 11.0 Å². The Morgan fingerprint density at radius 1 is 1.19 bits per heavy atom. The maximum absolute atomic E-state index is 13.0. The molecule has 2 heterocycles. The lowest BCUT2D eigenvalue weighted by atomic mass is 10.1. The van der Waals surface area contributed by atoms with Crippen LogP contribution in [0.5, 0.6) is 0 Å². The number of carbonyl (C=O) groups excluding carboxylic acids is 1. The fourth-order valence-electron chi connectivity index (χ4n) is 3.54. The van der Waals surface area contributed by atoms with E-state index in [9.17, 15) is 13.2 Å². The van der Waals surface area contributed by atoms with Crippen molar-refractivity contribution in [3.8, 4) is 0 Å². The molecule has 0 aromatic heterocycles. The van der Waals surface area contributed by atoms with Crippen LogP contribution in [0, 0.1) is 6.92 Å². The van der Waals surface area contributed by atoms with Crippen molar-refractivity contribution < 1.29 is 17.9 Å². The summed E-state index contributed by atoms with van der Waals surface area (Å²) in [6.45, 7) is 4.13. The van der Waals surface area contributed by atoms with Crippen LogP contribution in [0.2, 0.25) is 0 Å². The van der Waals surface area contributed by atoms with Gasteiger partial charge < -0.3 is 10.1 Å². The molecule has 7 heteroatoms. The Morgan fingerprint density at radius 2 is 1.92 bits per heavy atom. The van der Waals surface area contributed by atoms with Gasteiger partial charge in [-0.3, -0.25) is 4.79 Å². The van der Waals surface area contributed by atoms with Gasteiger partial charge in [0.25, 0.3) is 5.91 Å². The van der Waals surface area contributed by atoms with Gasteiger partial charge in [-0.25, -0.2) is 8.42 Å². The number of amides is 1. The maximum atomic E-state index is 13.0. The van der Waals surface area contributed by atoms with E-state index in [0.29, 0.717) is 25.2 Å². The quantitative estimate of drug-likeness (QED) is 0.851. The summed E-state index contributed by atoms with van der Waals surface area (Å²) >= 11 is 0. The van der Waals surface area contributed by atoms with Crippen molar-refractivity contribution in [2.75, 3.05) is 26.2 Å². The summed E-state index contributed by atoms with van der Waals surface area (Å²) in [6, 6.07) is 4.83. The lowest BCUT2D eigenvalue weighted by molar-refractivity contribution is 0.0857. The summed E-state index contributed by atoms with van der Waals surface area (Å²) in [6.07, 6.45) is 5.93. The van der Waals surface area contributed by atoms with Gasteiger partial charge >= 0.3 is 0 Å². The number of ether oxygens (including phenoxy) is 1. The number of hydrogen-bond donors (Lipinski definition) is 1. The number of hydrogen-bond acceptors (Lipinski definition) is 4. The van der Waals surface area contributed by atoms with E-state index in [1.54, 1.807) is 16.4 Å². The molecule has 0 bridgehead atoms. The third-order valence-electron chi connectivity index (χ3n) is 5.17. The van der Waals surface area contributed by atoms with Crippen LogP contribution in [0.3, 0.4) is 0 Å². The Hall–Kier alpha value is -1.44. The summed E-state index contributed by atoms with van der Waals surface area (Å²) in [5, 5.41) is 2.88. The van der Waals surface area contributed by atoms with Crippen molar-refractivity contribution in [3.05, 3.63) is 29.3 Å². The van der Waals surface area contributed by atoms with Crippen LogP contribution < -0.4 is 5.32 Å². The number of carbonyl (C=O) groups is 1. The largest absolute Gasteiger partial charge is 0.376 e. The molecule has 0 radical (unpaired) electrons. The molecule has 1 aromatic carbocycles. The van der Waals surface area contributed by atoms with Crippen LogP contribution in [0.25, 0.3) is 0 Å². The minimum atomic E-state index is -3.56. The van der Waals surface area contributed by atoms with Crippen molar-refractivity contribution in [1.82, 2.24) is 9.62 Å². The number of benzene rings is 1. The number of aryl methyl sites for hydroxylation is 1. The van der Waals surface area contributed by atoms with E-state index in [1.807, 2.05) is 6.92 Å². The van der Waals surface area contributed by atoms with Gasteiger partial charge in [0.2, 0.25) is 10.0 Å². The van der Waals surface area contributed by atoms with Crippen molar-refractivity contribution in [3.63, 3.8) is 0 Å². The molecule has 1 unspecified atom stereocenters. The van der Waals surface area contributed by atoms with E-state index < -0.39 is 10.0 Å². The Balaban J connectivity index is 1.76. The highest BCUT2D eigenvalue weighted by Gasteiger charge is 2.26. The van der Waals surface area contributed by atoms with Crippen molar-refractivity contribution >= 4 is 15.9 Å². The van der Waals surface area contributed by atoms with Crippen LogP contribution >= 0.6 is 0 Å². The third-order valence-corrected chi connectivity index (χ3v) is 7.07. The van der Waals surface area contributed by atoms with E-state index >= 15 is 0 Å². The molecule has 3 rings (SSSR count). The molecule has 1 atom stereocenters. The highest BCUT2D eigenvalue weighted by molar-refractivity contribution is 7.89. The smallest absolute Gasteiger partial charge is 0.251 e. The minimum Gasteiger partial charge on any atom is -0.376 e. The summed E-state index contributed by atoms with van der Waals surface area (Å²) in [5.41, 5.74) is 1.18. The first kappa shape index (κ1) is 19.3. The Kier molecular flexibility index (Phi) is 6.32. The predicted molar refractivity (Wildman–Crippen MR) is 99.7 cm³/mol. The van der Waals surface area contributed by atoms with Gasteiger partial charge in [0.15, 0.2) is 0 Å². The monoisotopic (exact) mass is 380 g/mol. The zero-order valence-corrected chi connectivity index (χ0v) is 16.2. The molecule has 1 aromatic rings. The van der Waals surface area contributed by atoms with Crippen molar-refractivity contribution in [1.29, 1.82) is 0 Å². The SMILES string of the molecule is Cc1ccc(S(=O)(=O)N2CCCCCC2)cc1C(=O)NCC1CCCO1. The second-order valence-electron chi connectivity index (χ2n) is 7.14. The highest BCUT2D eigenvalue weighted by Crippen LogP contribution is 2.23. The third kappa shape index (κ3) is 4.45. The van der Waals surface area contributed by atoms with Crippen LogP contribution in [0.15, 0.2) is 23.1 Å². The molecule has 2 aliphatic heterocycles. The van der Waals surface area contributed by atoms with Gasteiger partial charge in [-0.05, 0) is 50.3 Å². The van der Waals surface area contributed by atoms with Gasteiger partial charge in [-0.1, -0.05) is 18.9 Å². The number of sulfonamides is 1. The van der Waals surface area contributed by atoms with E-state index in [-0.39, 0.29) is 16.9 Å². The number of nitrogens with zero attached hydrogens (tertiary/aromatic N) is 1. The molecule has 144 valence electrons. The standard InChI is InChI=1S/C19H28N2O4S/c1-15-8-9-17(26(23,24)21-10-4-2-3-5-11-21)13-18(15)19(22)20-14-16-7-6-12-25-16/h8-9,13,16H,2-7,10-12,14H2,1H3,(H,20,22). The lowest BCUT2D eigenvalue weighted by Gasteiger charge is -2.20. The van der Waals surface area contributed by atoms with Gasteiger partial charge in [0, 0.05) is 31.8 Å². The Morgan fingerprint density at radius 3 is 2.58 bits per heavy atom. The normalized spacial score (nSPS) is 22.1. The summed E-state index contributed by atoms with van der Waals surface area (Å²) in [5.74, 6) is -0.245. The highest BCUT2D eigenvalue weighted by atomic mass is 32.2. The van der Waals surface area contributed by atoms with Gasteiger partial charge in [-0.15, -0.1) is 0 Å². The zero-order chi connectivity index (χ0) is 18.6. The first-order valence-electron chi connectivity index (χ1n) is 9.49. The van der Waals surface area contributed by atoms with Crippen molar-refractivity contribution in [2.24, 2.45) is 0 Å². The molecule has 26 heavy (non-hydrogen) atoms. The molecule has 2 aliphatic rings. The second kappa shape index (κ2) is 8.50. The summed E-state index contributed by atoms with van der Waals surface area (Å²) < 4.78 is 33.0. The predicted octanol–water partition coefficient (Wildman–Crippen LogP) is 2.47. The fraction of sp³-hybridized carbons (Fsp3) is 0.632. The first-order valence-corrected chi connectivity index (χ1v) is 10.9. The van der Waals surface area contributed by atoms with E-state index in [1.165, 1.54) is 6.07 Å². The molecule has 0 spiro atoms. The summed E-state index contributed by atoms with van der Waals surface area (Å²) in [7, 11) is -3.56. The van der Waals surface area contributed by atoms with Crippen LogP contribution in [-0.2, 0) is 14.8 Å². The number of rotatable bonds is 5. The van der Waals surface area contributed by atoms with E-state index in [2.05, 4.69) is 5.32 Å². The maximum Gasteiger partial charge on any atom is 0.251 e. The molecular formula is C19H28N2O4S. The summed E-state index contributed by atoms with van der Waals surface area (Å²) in [4.78, 5) is 12.8. The van der Waals surface area contributed by atoms with Crippen LogP contribution in [-0.4, -0.2) is 51.0 Å². The van der Waals surface area contributed by atoms with Crippen molar-refractivity contribution in [2.45, 2.75) is 56.4 Å². The number of nitrogens with one attached hydrogen (secondary N) is 1. The molecule has 6 nitrogen and oxygen atoms in total. The topological polar surface area (TPSA) is 75.7 Å². The Bertz CT molecular complexity index is 734. The van der Waals surface area contributed by atoms with Gasteiger partial charge in [-0.2, -0.15) is 4.31 Å². The fourth-order valence-corrected chi connectivity index (χ4v) is 5.09. The molecule has 1 N–H and O–H groups in total. The van der Waals surface area contributed by atoms with Gasteiger partial charge in [0.1, 0.15) is 0 Å². The molecule has 0 saturated carbocycles. The zero-order valence-electron chi connectivity index (χ0n) is 15.4. The van der Waals surface area contributed by atoms with Crippen LogP contribution in [0.4, 0.5) is 0 Å². The van der Waals surface area contributed by atoms with E-state index in [0.717, 1.165) is 50.7 Å². The molecule has 1 amide bonds. The van der Waals surface area contributed by atoms with Crippen LogP contribution in [0.1, 0.15) is 54.4 Å². The second-order valence-corrected chi connectivity index (χ2v) is 9.08. The average molecular weight is 381 g/mol. The van der Waals surface area contributed by atoms with E-state index in [4.69, 9.17) is 4.74 Å². The Labute approximate surface area is 156 Å².